The van der Waals surface area contributed by atoms with Crippen LogP contribution < -0.4 is 0 Å². The van der Waals surface area contributed by atoms with Gasteiger partial charge in [0.05, 0.1) is 0 Å². The molecule has 0 amide bonds. The van der Waals surface area contributed by atoms with Gasteiger partial charge in [0.1, 0.15) is 0 Å². The summed E-state index contributed by atoms with van der Waals surface area (Å²) in [7, 11) is 0. The van der Waals surface area contributed by atoms with Gasteiger partial charge in [-0.1, -0.05) is 126 Å². The quantitative estimate of drug-likeness (QED) is 0.152. The Bertz CT molecular complexity index is 1420. The van der Waals surface area contributed by atoms with Crippen molar-refractivity contribution < 1.29 is 24.2 Å². The third-order valence-corrected chi connectivity index (χ3v) is 7.48. The van der Waals surface area contributed by atoms with Crippen LogP contribution in [0.1, 0.15) is 83.2 Å². The zero-order valence-electron chi connectivity index (χ0n) is 28.5. The van der Waals surface area contributed by atoms with Gasteiger partial charge in [0.2, 0.25) is 0 Å². The number of allylic oxidation sites excluding steroid dienone is 4. The summed E-state index contributed by atoms with van der Waals surface area (Å²) >= 11 is 1.30. The van der Waals surface area contributed by atoms with E-state index in [0.717, 1.165) is 6.42 Å². The third-order valence-electron chi connectivity index (χ3n) is 7.48. The van der Waals surface area contributed by atoms with Crippen LogP contribution in [-0.4, -0.2) is 4.21 Å². The van der Waals surface area contributed by atoms with E-state index in [2.05, 4.69) is 138 Å². The van der Waals surface area contributed by atoms with Crippen molar-refractivity contribution in [3.05, 3.63) is 156 Å². The van der Waals surface area contributed by atoms with Gasteiger partial charge in [0.15, 0.2) is 0 Å². The molecular weight excluding hydrogens is 667 g/mol. The number of fused-ring (bicyclic) bond motifs is 3. The molecular formula is C42H50Cl2Zr-4. The summed E-state index contributed by atoms with van der Waals surface area (Å²) in [6, 6.07) is 38.1. The second-order valence-corrected chi connectivity index (χ2v) is 12.9. The smallest absolute Gasteiger partial charge is 0.171 e. The van der Waals surface area contributed by atoms with Crippen LogP contribution in [0.2, 0.25) is 0 Å². The predicted octanol–water partition coefficient (Wildman–Crippen LogP) is 11.9. The normalized spacial score (nSPS) is 13.8. The minimum absolute atomic E-state index is 0. The van der Waals surface area contributed by atoms with Gasteiger partial charge < -0.3 is 7.43 Å². The van der Waals surface area contributed by atoms with Crippen molar-refractivity contribution in [2.75, 3.05) is 0 Å². The molecule has 4 aromatic rings. The largest absolute Gasteiger partial charge is 0.358 e. The second-order valence-electron chi connectivity index (χ2n) is 12.9. The number of hydrogen-bond acceptors (Lipinski definition) is 0. The fraction of sp³-hybridized carbons (Fsp3) is 0.286. The molecule has 1 atom stereocenters. The average molecular weight is 717 g/mol. The van der Waals surface area contributed by atoms with Crippen LogP contribution >= 0.6 is 24.8 Å². The molecule has 0 saturated heterocycles. The first-order chi connectivity index (χ1) is 19.9. The maximum atomic E-state index is 3.53. The SMILES string of the molecule is CC(C)(C)c1c[c-]c2c(c1)-c1cc(C(C)(C)C)ccc1C2.CC1=[C-]C(C)C=C1c1ccccc1.Cl.Cl.[CH2]=[Zr].[CH3-].[c-]1ccccc1. The van der Waals surface area contributed by atoms with Gasteiger partial charge in [-0.25, -0.2) is 5.57 Å². The summed E-state index contributed by atoms with van der Waals surface area (Å²) in [4.78, 5) is 0. The first kappa shape index (κ1) is 42.7. The van der Waals surface area contributed by atoms with Gasteiger partial charge in [-0.2, -0.15) is 77.4 Å². The summed E-state index contributed by atoms with van der Waals surface area (Å²) in [5.41, 5.74) is 12.7. The van der Waals surface area contributed by atoms with Crippen LogP contribution in [0.3, 0.4) is 0 Å². The van der Waals surface area contributed by atoms with E-state index in [0.29, 0.717) is 5.92 Å². The van der Waals surface area contributed by atoms with Crippen LogP contribution in [-0.2, 0) is 41.5 Å². The molecule has 0 heterocycles. The Hall–Kier alpha value is -2.31. The molecule has 0 aromatic heterocycles. The second kappa shape index (κ2) is 19.4. The summed E-state index contributed by atoms with van der Waals surface area (Å²) in [6.07, 6.45) is 6.69. The molecule has 4 aromatic carbocycles. The van der Waals surface area contributed by atoms with Gasteiger partial charge >= 0.3 is 28.4 Å². The Kier molecular flexibility index (Phi) is 18.4. The van der Waals surface area contributed by atoms with Gasteiger partial charge in [-0.05, 0) is 17.4 Å². The van der Waals surface area contributed by atoms with Crippen molar-refractivity contribution in [2.24, 2.45) is 5.92 Å². The van der Waals surface area contributed by atoms with Crippen molar-refractivity contribution in [1.82, 2.24) is 0 Å². The van der Waals surface area contributed by atoms with Gasteiger partial charge in [-0.15, -0.1) is 35.9 Å². The van der Waals surface area contributed by atoms with E-state index in [1.54, 1.807) is 0 Å². The number of rotatable bonds is 1. The molecule has 0 nitrogen and oxygen atoms in total. The van der Waals surface area contributed by atoms with Crippen molar-refractivity contribution >= 4 is 34.6 Å². The molecule has 0 saturated carbocycles. The minimum Gasteiger partial charge on any atom is -0.358 e. The first-order valence-corrected chi connectivity index (χ1v) is 16.5. The Labute approximate surface area is 302 Å². The van der Waals surface area contributed by atoms with Gasteiger partial charge in [0.25, 0.3) is 0 Å². The van der Waals surface area contributed by atoms with E-state index in [1.165, 1.54) is 74.3 Å². The van der Waals surface area contributed by atoms with Gasteiger partial charge in [0, 0.05) is 0 Å². The molecule has 2 aliphatic carbocycles. The van der Waals surface area contributed by atoms with E-state index in [4.69, 9.17) is 0 Å². The van der Waals surface area contributed by atoms with E-state index in [1.807, 2.05) is 36.4 Å². The average Bonchev–Trinajstić information content (AvgIpc) is 3.53. The van der Waals surface area contributed by atoms with Crippen LogP contribution in [0.5, 0.6) is 0 Å². The molecule has 45 heavy (non-hydrogen) atoms. The Morgan fingerprint density at radius 2 is 1.31 bits per heavy atom. The number of benzene rings is 4. The minimum atomic E-state index is 0. The zero-order chi connectivity index (χ0) is 30.9. The van der Waals surface area contributed by atoms with Crippen molar-refractivity contribution in [3.8, 4) is 11.1 Å². The summed E-state index contributed by atoms with van der Waals surface area (Å²) < 4.78 is 3.34. The predicted molar refractivity (Wildman–Crippen MR) is 200 cm³/mol. The molecule has 6 rings (SSSR count). The van der Waals surface area contributed by atoms with Crippen LogP contribution in [0.4, 0.5) is 0 Å². The first-order valence-electron chi connectivity index (χ1n) is 14.8. The molecule has 3 heteroatoms. The van der Waals surface area contributed by atoms with Crippen LogP contribution in [0.15, 0.2) is 103 Å². The maximum absolute atomic E-state index is 3.53. The van der Waals surface area contributed by atoms with Crippen molar-refractivity contribution in [2.45, 2.75) is 72.6 Å². The molecule has 1 unspecified atom stereocenters. The maximum Gasteiger partial charge on any atom is -0.171 e. The molecule has 0 N–H and O–H groups in total. The fourth-order valence-corrected chi connectivity index (χ4v) is 5.09. The number of hydrogen-bond donors (Lipinski definition) is 0. The number of halogens is 2. The van der Waals surface area contributed by atoms with E-state index in [-0.39, 0.29) is 43.1 Å². The van der Waals surface area contributed by atoms with Gasteiger partial charge in [-0.3, -0.25) is 6.08 Å². The molecule has 240 valence electrons. The Balaban J connectivity index is 0.000000692. The van der Waals surface area contributed by atoms with E-state index in [9.17, 15) is 0 Å². The molecule has 0 fully saturated rings. The summed E-state index contributed by atoms with van der Waals surface area (Å²) in [6.45, 7) is 17.9. The molecule has 0 radical (unpaired) electrons. The van der Waals surface area contributed by atoms with E-state index >= 15 is 0 Å². The Morgan fingerprint density at radius 1 is 0.756 bits per heavy atom. The zero-order valence-corrected chi connectivity index (χ0v) is 32.6. The third kappa shape index (κ3) is 12.1. The molecule has 0 bridgehead atoms. The summed E-state index contributed by atoms with van der Waals surface area (Å²) in [5, 5.41) is 0. The van der Waals surface area contributed by atoms with Crippen molar-refractivity contribution in [1.29, 1.82) is 0 Å². The fourth-order valence-electron chi connectivity index (χ4n) is 5.09. The molecule has 0 aliphatic heterocycles. The molecule has 0 spiro atoms. The topological polar surface area (TPSA) is 0 Å². The Morgan fingerprint density at radius 3 is 1.78 bits per heavy atom. The van der Waals surface area contributed by atoms with Crippen LogP contribution in [0.25, 0.3) is 16.7 Å². The summed E-state index contributed by atoms with van der Waals surface area (Å²) in [5.74, 6) is 0.468. The standard InChI is InChI=1S/C21H25.C13H13.C6H5.CH3.CH2.2ClH.Zr/c1-20(2,3)16-9-7-14-11-15-8-10-17(21(4,5)6)13-19(15)18(14)12-16;1-10-8-11(2)13(9-10)12-6-4-3-5-7-12;1-2-4-6-5-3-1;;;;;/h7,9-10,12-13H,11H2,1-6H3;3-7,9-10H,1-2H3;1-5H;1H3;1H2;2*1H;/q4*-1;;;;. The van der Waals surface area contributed by atoms with Crippen molar-refractivity contribution in [3.63, 3.8) is 0 Å². The van der Waals surface area contributed by atoms with E-state index < -0.39 is 0 Å². The molecule has 2 aliphatic rings. The van der Waals surface area contributed by atoms with Crippen LogP contribution in [0, 0.1) is 31.6 Å². The monoisotopic (exact) mass is 714 g/mol.